The molecule has 1 heterocycles. The summed E-state index contributed by atoms with van der Waals surface area (Å²) in [6.45, 7) is 4.64. The minimum Gasteiger partial charge on any atom is -0.391 e. The molecule has 1 fully saturated rings. The molecule has 1 aliphatic rings. The lowest BCUT2D eigenvalue weighted by Gasteiger charge is -2.30. The van der Waals surface area contributed by atoms with Crippen LogP contribution in [0.4, 0.5) is 0 Å². The molecule has 0 spiro atoms. The van der Waals surface area contributed by atoms with E-state index in [2.05, 4.69) is 42.5 Å². The summed E-state index contributed by atoms with van der Waals surface area (Å²) >= 11 is 0. The smallest absolute Gasteiger partial charge is 0.243 e. The molecule has 22 nitrogen and oxygen atoms in total. The van der Waals surface area contributed by atoms with Gasteiger partial charge in [0.05, 0.1) is 18.2 Å². The maximum absolute atomic E-state index is 14.1. The van der Waals surface area contributed by atoms with Crippen molar-refractivity contribution in [2.24, 2.45) is 34.6 Å². The van der Waals surface area contributed by atoms with Crippen LogP contribution in [0.3, 0.4) is 0 Å². The summed E-state index contributed by atoms with van der Waals surface area (Å²) in [5.74, 6) is -5.59. The van der Waals surface area contributed by atoms with Gasteiger partial charge in [-0.3, -0.25) is 38.9 Å². The average molecular weight is 864 g/mol. The van der Waals surface area contributed by atoms with E-state index in [0.717, 1.165) is 0 Å². The predicted octanol–water partition coefficient (Wildman–Crippen LogP) is -5.92. The zero-order chi connectivity index (χ0) is 45.6. The molecule has 0 bridgehead atoms. The third-order valence-electron chi connectivity index (χ3n) is 9.92. The molecule has 0 aliphatic carbocycles. The lowest BCUT2D eigenvalue weighted by molar-refractivity contribution is -0.136. The van der Waals surface area contributed by atoms with Crippen molar-refractivity contribution in [2.75, 3.05) is 32.7 Å². The lowest BCUT2D eigenvalue weighted by atomic mass is 10.00. The monoisotopic (exact) mass is 864 g/mol. The van der Waals surface area contributed by atoms with E-state index in [1.54, 1.807) is 30.3 Å². The van der Waals surface area contributed by atoms with Gasteiger partial charge in [-0.15, -0.1) is 0 Å². The topological polar surface area (TPSA) is 386 Å². The van der Waals surface area contributed by atoms with Gasteiger partial charge < -0.3 is 76.1 Å². The van der Waals surface area contributed by atoms with Crippen molar-refractivity contribution in [3.05, 3.63) is 35.9 Å². The van der Waals surface area contributed by atoms with Crippen molar-refractivity contribution >= 4 is 41.4 Å². The van der Waals surface area contributed by atoms with Crippen LogP contribution in [-0.4, -0.2) is 145 Å². The summed E-state index contributed by atoms with van der Waals surface area (Å²) in [7, 11) is 0. The van der Waals surface area contributed by atoms with Gasteiger partial charge in [0.2, 0.25) is 41.4 Å². The molecule has 10 atom stereocenters. The van der Waals surface area contributed by atoms with Gasteiger partial charge in [0.25, 0.3) is 0 Å². The van der Waals surface area contributed by atoms with E-state index in [4.69, 9.17) is 28.7 Å². The Bertz CT molecular complexity index is 1570. The van der Waals surface area contributed by atoms with Gasteiger partial charge in [-0.05, 0) is 83.1 Å². The summed E-state index contributed by atoms with van der Waals surface area (Å²) in [6.07, 6.45) is -3.25. The highest BCUT2D eigenvalue weighted by Gasteiger charge is 2.35. The van der Waals surface area contributed by atoms with E-state index in [1.165, 1.54) is 6.92 Å². The number of carbonyl (C=O) groups excluding carboxylic acids is 7. The fourth-order valence-electron chi connectivity index (χ4n) is 6.52. The van der Waals surface area contributed by atoms with Gasteiger partial charge in [0.15, 0.2) is 0 Å². The molecule has 22 heteroatoms. The van der Waals surface area contributed by atoms with Crippen LogP contribution >= 0.6 is 0 Å². The van der Waals surface area contributed by atoms with Crippen LogP contribution in [0.5, 0.6) is 0 Å². The Labute approximate surface area is 356 Å². The quantitative estimate of drug-likeness (QED) is 0.0781. The van der Waals surface area contributed by atoms with Crippen LogP contribution < -0.4 is 71.2 Å². The second-order valence-corrected chi connectivity index (χ2v) is 15.6. The van der Waals surface area contributed by atoms with Gasteiger partial charge in [0.1, 0.15) is 42.5 Å². The third kappa shape index (κ3) is 18.0. The summed E-state index contributed by atoms with van der Waals surface area (Å²) < 4.78 is 0. The predicted molar refractivity (Wildman–Crippen MR) is 226 cm³/mol. The zero-order valence-electron chi connectivity index (χ0n) is 35.4. The Morgan fingerprint density at radius 3 is 1.64 bits per heavy atom. The normalized spacial score (nSPS) is 26.7. The lowest BCUT2D eigenvalue weighted by Crippen LogP contribution is -2.61. The molecule has 1 aromatic rings. The van der Waals surface area contributed by atoms with Gasteiger partial charge in [-0.2, -0.15) is 0 Å². The number of rotatable bonds is 15. The highest BCUT2D eigenvalue weighted by atomic mass is 16.3. The molecule has 7 amide bonds. The van der Waals surface area contributed by atoms with E-state index >= 15 is 0 Å². The van der Waals surface area contributed by atoms with Crippen LogP contribution in [0.25, 0.3) is 0 Å². The number of aliphatic hydroxyl groups excluding tert-OH is 2. The van der Waals surface area contributed by atoms with Crippen LogP contribution in [0.2, 0.25) is 0 Å². The zero-order valence-corrected chi connectivity index (χ0v) is 35.4. The van der Waals surface area contributed by atoms with E-state index in [9.17, 15) is 43.8 Å². The molecule has 1 aliphatic heterocycles. The van der Waals surface area contributed by atoms with E-state index < -0.39 is 102 Å². The van der Waals surface area contributed by atoms with Gasteiger partial charge >= 0.3 is 0 Å². The Morgan fingerprint density at radius 1 is 0.689 bits per heavy atom. The van der Waals surface area contributed by atoms with Gasteiger partial charge in [0, 0.05) is 13.0 Å². The highest BCUT2D eigenvalue weighted by molar-refractivity contribution is 5.97. The van der Waals surface area contributed by atoms with Crippen molar-refractivity contribution in [3.63, 3.8) is 0 Å². The Morgan fingerprint density at radius 2 is 1.15 bits per heavy atom. The van der Waals surface area contributed by atoms with Crippen molar-refractivity contribution in [1.29, 1.82) is 0 Å². The third-order valence-corrected chi connectivity index (χ3v) is 9.92. The number of benzene rings is 1. The molecule has 61 heavy (non-hydrogen) atoms. The molecule has 344 valence electrons. The summed E-state index contributed by atoms with van der Waals surface area (Å²) in [5, 5.41) is 42.7. The number of amides is 7. The van der Waals surface area contributed by atoms with E-state index in [-0.39, 0.29) is 83.6 Å². The first-order valence-electron chi connectivity index (χ1n) is 20.8. The molecule has 20 N–H and O–H groups in total. The summed E-state index contributed by atoms with van der Waals surface area (Å²) in [6, 6.07) is -1.43. The Balaban J connectivity index is 2.69. The van der Waals surface area contributed by atoms with Gasteiger partial charge in [-0.1, -0.05) is 44.2 Å². The van der Waals surface area contributed by atoms with E-state index in [1.807, 2.05) is 13.8 Å². The van der Waals surface area contributed by atoms with Crippen molar-refractivity contribution in [2.45, 2.75) is 126 Å². The first-order valence-corrected chi connectivity index (χ1v) is 20.8. The van der Waals surface area contributed by atoms with Crippen LogP contribution in [0.1, 0.15) is 64.9 Å². The minimum absolute atomic E-state index is 0.0281. The number of nitrogens with two attached hydrogens (primary N) is 5. The number of nitrogens with one attached hydrogen (secondary N) is 8. The molecule has 1 unspecified atom stereocenters. The maximum atomic E-state index is 14.1. The summed E-state index contributed by atoms with van der Waals surface area (Å²) in [5.41, 5.74) is 29.7. The number of aliphatic hydroxyl groups is 2. The summed E-state index contributed by atoms with van der Waals surface area (Å²) in [4.78, 5) is 96.2. The molecule has 0 radical (unpaired) electrons. The molecular formula is C39H69N13O9. The molecule has 1 saturated heterocycles. The van der Waals surface area contributed by atoms with Gasteiger partial charge in [-0.25, -0.2) is 0 Å². The molecule has 1 aromatic carbocycles. The Hall–Kier alpha value is -4.81. The van der Waals surface area contributed by atoms with Crippen molar-refractivity contribution in [3.8, 4) is 0 Å². The molecular weight excluding hydrogens is 795 g/mol. The molecule has 2 rings (SSSR count). The average Bonchev–Trinajstić information content (AvgIpc) is 3.20. The fraction of sp³-hybridized carbons (Fsp3) is 0.667. The molecule has 0 aromatic heterocycles. The SMILES string of the molecule is CC(C)C[C@@H]1NC(=O)[C@@H](Cc2ccccc2)NC(=O)[C@H](CCN)NC(=O)[C@@H](NC(=O)[C@@H](N)CCN)CCNC(O)[C@H]([C@@H](C)O)NC(=O)[C@H](CCN)NC(=O)[C@H](CCN)NC1=O. The Kier molecular flexibility index (Phi) is 23.3. The largest absolute Gasteiger partial charge is 0.391 e. The number of carbonyl (C=O) groups is 7. The second kappa shape index (κ2) is 27.2. The maximum Gasteiger partial charge on any atom is 0.243 e. The first kappa shape index (κ1) is 52.3. The second-order valence-electron chi connectivity index (χ2n) is 15.6. The standard InChI is InChI=1S/C39H69N13O9/c1-21(2)19-29-37(59)49-25(10-15-41)33(55)48-27(12-17-43)36(58)52-31(22(3)53)39(61)45-18-13-28(46-32(54)24(44)9-14-40)35(57)47-26(11-16-42)34(56)51-30(38(60)50-29)20-23-7-5-4-6-8-23/h4-8,21-22,24-31,39,45,53,61H,9-20,40-44H2,1-3H3,(H,46,54)(H,47,57)(H,48,55)(H,49,59)(H,50,60)(H,51,56)(H,52,58)/t22-,24+,25+,26+,27+,28+,29+,30-,31+,39?/m1/s1. The number of hydrogen-bond donors (Lipinski definition) is 15. The van der Waals surface area contributed by atoms with Crippen molar-refractivity contribution in [1.82, 2.24) is 42.5 Å². The van der Waals surface area contributed by atoms with Crippen LogP contribution in [0.15, 0.2) is 30.3 Å². The van der Waals surface area contributed by atoms with E-state index in [0.29, 0.717) is 5.56 Å². The molecule has 0 saturated carbocycles. The minimum atomic E-state index is -1.64. The highest BCUT2D eigenvalue weighted by Crippen LogP contribution is 2.11. The van der Waals surface area contributed by atoms with Crippen LogP contribution in [0, 0.1) is 5.92 Å². The first-order chi connectivity index (χ1) is 28.9. The van der Waals surface area contributed by atoms with Crippen molar-refractivity contribution < 1.29 is 43.8 Å². The van der Waals surface area contributed by atoms with Crippen LogP contribution in [-0.2, 0) is 40.0 Å². The number of hydrogen-bond acceptors (Lipinski definition) is 15. The fourth-order valence-corrected chi connectivity index (χ4v) is 6.52.